The van der Waals surface area contributed by atoms with Gasteiger partial charge in [-0.1, -0.05) is 34.9 Å². The van der Waals surface area contributed by atoms with Crippen LogP contribution in [0.15, 0.2) is 52.9 Å². The van der Waals surface area contributed by atoms with Crippen LogP contribution in [0.5, 0.6) is 0 Å². The summed E-state index contributed by atoms with van der Waals surface area (Å²) in [5.74, 6) is -1.35. The third kappa shape index (κ3) is 3.08. The van der Waals surface area contributed by atoms with Crippen LogP contribution in [0.25, 0.3) is 11.5 Å². The summed E-state index contributed by atoms with van der Waals surface area (Å²) in [7, 11) is 0. The number of nitrogens with zero attached hydrogens (tertiary/aromatic N) is 3. The third-order valence-corrected chi connectivity index (χ3v) is 4.12. The van der Waals surface area contributed by atoms with Crippen LogP contribution in [-0.4, -0.2) is 39.4 Å². The molecule has 1 aromatic heterocycles. The first-order valence-corrected chi connectivity index (χ1v) is 8.18. The van der Waals surface area contributed by atoms with Gasteiger partial charge in [0.1, 0.15) is 6.54 Å². The number of carbonyl (C=O) groups excluding carboxylic acids is 3. The molecule has 2 heterocycles. The highest BCUT2D eigenvalue weighted by Crippen LogP contribution is 2.23. The van der Waals surface area contributed by atoms with Gasteiger partial charge in [0.05, 0.1) is 11.1 Å². The molecule has 0 saturated heterocycles. The van der Waals surface area contributed by atoms with Gasteiger partial charge in [-0.2, -0.15) is 0 Å². The molecule has 3 amide bonds. The van der Waals surface area contributed by atoms with Crippen molar-refractivity contribution in [1.29, 1.82) is 0 Å². The van der Waals surface area contributed by atoms with Gasteiger partial charge in [-0.25, -0.2) is 0 Å². The van der Waals surface area contributed by atoms with Crippen molar-refractivity contribution in [2.45, 2.75) is 6.92 Å². The van der Waals surface area contributed by atoms with E-state index in [-0.39, 0.29) is 23.0 Å². The number of aryl methyl sites for hydroxylation is 1. The maximum atomic E-state index is 12.3. The molecule has 1 aliphatic heterocycles. The molecule has 0 unspecified atom stereocenters. The number of hydrogen-bond acceptors (Lipinski definition) is 6. The van der Waals surface area contributed by atoms with E-state index in [0.29, 0.717) is 0 Å². The average molecular weight is 362 g/mol. The van der Waals surface area contributed by atoms with Crippen LogP contribution in [0, 0.1) is 6.92 Å². The fourth-order valence-electron chi connectivity index (χ4n) is 2.85. The fourth-order valence-corrected chi connectivity index (χ4v) is 2.85. The Morgan fingerprint density at radius 3 is 2.41 bits per heavy atom. The molecule has 0 saturated carbocycles. The lowest BCUT2D eigenvalue weighted by atomic mass is 10.1. The van der Waals surface area contributed by atoms with Crippen molar-refractivity contribution in [1.82, 2.24) is 15.1 Å². The second-order valence-corrected chi connectivity index (χ2v) is 6.07. The second-order valence-electron chi connectivity index (χ2n) is 6.07. The molecule has 1 aliphatic rings. The molecule has 0 spiro atoms. The molecule has 27 heavy (non-hydrogen) atoms. The summed E-state index contributed by atoms with van der Waals surface area (Å²) in [6, 6.07) is 13.8. The highest BCUT2D eigenvalue weighted by atomic mass is 16.4. The van der Waals surface area contributed by atoms with E-state index < -0.39 is 24.3 Å². The Morgan fingerprint density at radius 2 is 1.74 bits per heavy atom. The summed E-state index contributed by atoms with van der Waals surface area (Å²) in [6.07, 6.45) is 0. The Balaban J connectivity index is 1.45. The lowest BCUT2D eigenvalue weighted by Crippen LogP contribution is -2.37. The quantitative estimate of drug-likeness (QED) is 0.714. The van der Waals surface area contributed by atoms with Crippen LogP contribution >= 0.6 is 0 Å². The van der Waals surface area contributed by atoms with E-state index in [1.54, 1.807) is 24.3 Å². The van der Waals surface area contributed by atoms with Gasteiger partial charge in [-0.15, -0.1) is 5.10 Å². The molecule has 1 N–H and O–H groups in total. The number of carbonyl (C=O) groups is 3. The van der Waals surface area contributed by atoms with Gasteiger partial charge in [0, 0.05) is 5.56 Å². The van der Waals surface area contributed by atoms with E-state index in [4.69, 9.17) is 4.42 Å². The molecule has 4 rings (SSSR count). The molecular weight excluding hydrogens is 348 g/mol. The van der Waals surface area contributed by atoms with Crippen molar-refractivity contribution >= 4 is 23.7 Å². The SMILES string of the molecule is Cc1cccc(-c2nnc(NC(=O)CN3C(=O)c4ccccc4C3=O)o2)c1. The smallest absolute Gasteiger partial charge is 0.322 e. The summed E-state index contributed by atoms with van der Waals surface area (Å²) in [5, 5.41) is 10.1. The molecule has 134 valence electrons. The van der Waals surface area contributed by atoms with E-state index in [1.807, 2.05) is 31.2 Å². The monoisotopic (exact) mass is 362 g/mol. The minimum absolute atomic E-state index is 0.104. The lowest BCUT2D eigenvalue weighted by Gasteiger charge is -2.12. The van der Waals surface area contributed by atoms with Gasteiger partial charge >= 0.3 is 6.01 Å². The number of fused-ring (bicyclic) bond motifs is 1. The second kappa shape index (κ2) is 6.49. The minimum atomic E-state index is -0.607. The third-order valence-electron chi connectivity index (χ3n) is 4.12. The Labute approximate surface area is 153 Å². The number of amides is 3. The van der Waals surface area contributed by atoms with E-state index in [9.17, 15) is 14.4 Å². The van der Waals surface area contributed by atoms with Crippen LogP contribution in [0.2, 0.25) is 0 Å². The maximum Gasteiger partial charge on any atom is 0.322 e. The van der Waals surface area contributed by atoms with Crippen LogP contribution < -0.4 is 5.32 Å². The summed E-state index contributed by atoms with van der Waals surface area (Å²) >= 11 is 0. The summed E-state index contributed by atoms with van der Waals surface area (Å²) < 4.78 is 5.43. The topological polar surface area (TPSA) is 105 Å². The number of anilines is 1. The number of hydrogen-bond donors (Lipinski definition) is 1. The van der Waals surface area contributed by atoms with Crippen LogP contribution in [0.3, 0.4) is 0 Å². The van der Waals surface area contributed by atoms with Gasteiger partial charge < -0.3 is 4.42 Å². The van der Waals surface area contributed by atoms with Crippen molar-refractivity contribution < 1.29 is 18.8 Å². The summed E-state index contributed by atoms with van der Waals surface area (Å²) in [5.41, 5.74) is 2.33. The number of rotatable bonds is 4. The van der Waals surface area contributed by atoms with Crippen molar-refractivity contribution in [3.8, 4) is 11.5 Å². The number of aromatic nitrogens is 2. The number of benzene rings is 2. The van der Waals surface area contributed by atoms with Gasteiger partial charge in [-0.05, 0) is 31.2 Å². The highest BCUT2D eigenvalue weighted by Gasteiger charge is 2.36. The Morgan fingerprint density at radius 1 is 1.04 bits per heavy atom. The zero-order valence-corrected chi connectivity index (χ0v) is 14.3. The Hall–Kier alpha value is -3.81. The van der Waals surface area contributed by atoms with Crippen molar-refractivity contribution in [3.05, 3.63) is 65.2 Å². The van der Waals surface area contributed by atoms with Gasteiger partial charge in [0.15, 0.2) is 0 Å². The predicted molar refractivity (Wildman–Crippen MR) is 94.9 cm³/mol. The first-order chi connectivity index (χ1) is 13.0. The molecule has 0 bridgehead atoms. The molecule has 8 heteroatoms. The lowest BCUT2D eigenvalue weighted by molar-refractivity contribution is -0.116. The summed E-state index contributed by atoms with van der Waals surface area (Å²) in [4.78, 5) is 37.7. The zero-order chi connectivity index (χ0) is 19.0. The van der Waals surface area contributed by atoms with E-state index in [2.05, 4.69) is 15.5 Å². The first kappa shape index (κ1) is 16.6. The molecule has 8 nitrogen and oxygen atoms in total. The zero-order valence-electron chi connectivity index (χ0n) is 14.3. The standard InChI is InChI=1S/C19H14N4O4/c1-11-5-4-6-12(9-11)16-21-22-19(27-16)20-15(24)10-23-17(25)13-7-2-3-8-14(13)18(23)26/h2-9H,10H2,1H3,(H,20,22,24). The molecule has 0 aliphatic carbocycles. The van der Waals surface area contributed by atoms with Gasteiger partial charge in [-0.3, -0.25) is 24.6 Å². The molecule has 3 aromatic rings. The Kier molecular flexibility index (Phi) is 4.00. The van der Waals surface area contributed by atoms with Crippen molar-refractivity contribution in [2.75, 3.05) is 11.9 Å². The number of nitrogens with one attached hydrogen (secondary N) is 1. The van der Waals surface area contributed by atoms with Crippen LogP contribution in [-0.2, 0) is 4.79 Å². The van der Waals surface area contributed by atoms with E-state index in [1.165, 1.54) is 0 Å². The Bertz CT molecular complexity index is 1040. The average Bonchev–Trinajstić information content (AvgIpc) is 3.21. The largest absolute Gasteiger partial charge is 0.403 e. The van der Waals surface area contributed by atoms with E-state index in [0.717, 1.165) is 16.0 Å². The first-order valence-electron chi connectivity index (χ1n) is 8.18. The normalized spacial score (nSPS) is 13.0. The van der Waals surface area contributed by atoms with Crippen LogP contribution in [0.1, 0.15) is 26.3 Å². The molecule has 0 atom stereocenters. The fraction of sp³-hybridized carbons (Fsp3) is 0.105. The van der Waals surface area contributed by atoms with Crippen molar-refractivity contribution in [3.63, 3.8) is 0 Å². The maximum absolute atomic E-state index is 12.3. The molecule has 0 radical (unpaired) electrons. The summed E-state index contributed by atoms with van der Waals surface area (Å²) in [6.45, 7) is 1.50. The predicted octanol–water partition coefficient (Wildman–Crippen LogP) is 2.28. The molecule has 2 aromatic carbocycles. The van der Waals surface area contributed by atoms with Crippen LogP contribution in [0.4, 0.5) is 6.01 Å². The van der Waals surface area contributed by atoms with E-state index >= 15 is 0 Å². The van der Waals surface area contributed by atoms with Gasteiger partial charge in [0.2, 0.25) is 11.8 Å². The highest BCUT2D eigenvalue weighted by molar-refractivity contribution is 6.22. The van der Waals surface area contributed by atoms with Gasteiger partial charge in [0.25, 0.3) is 11.8 Å². The minimum Gasteiger partial charge on any atom is -0.403 e. The molecular formula is C19H14N4O4. The number of imide groups is 1. The van der Waals surface area contributed by atoms with Crippen molar-refractivity contribution in [2.24, 2.45) is 0 Å². The molecule has 0 fully saturated rings.